The van der Waals surface area contributed by atoms with Crippen LogP contribution in [0.4, 0.5) is 5.69 Å². The van der Waals surface area contributed by atoms with E-state index >= 15 is 0 Å². The van der Waals surface area contributed by atoms with Gasteiger partial charge in [0.1, 0.15) is 0 Å². The Morgan fingerprint density at radius 2 is 1.08 bits per heavy atom. The average Bonchev–Trinajstić information content (AvgIpc) is 2.62. The van der Waals surface area contributed by atoms with Gasteiger partial charge in [0.25, 0.3) is 0 Å². The second-order valence-electron chi connectivity index (χ2n) is 5.78. The van der Waals surface area contributed by atoms with E-state index in [2.05, 4.69) is 48.5 Å². The van der Waals surface area contributed by atoms with Gasteiger partial charge in [0, 0.05) is 21.8 Å². The minimum Gasteiger partial charge on any atom is -0.398 e. The molecule has 0 radical (unpaired) electrons. The van der Waals surface area contributed by atoms with Gasteiger partial charge in [-0.2, -0.15) is 0 Å². The van der Waals surface area contributed by atoms with Crippen molar-refractivity contribution in [1.82, 2.24) is 0 Å². The van der Waals surface area contributed by atoms with Crippen molar-refractivity contribution in [2.45, 2.75) is 0 Å². The molecule has 116 valence electrons. The Morgan fingerprint density at radius 3 is 1.75 bits per heavy atom. The molecular weight excluding hydrogens is 314 g/mol. The molecule has 2 N–H and O–H groups in total. The van der Waals surface area contributed by atoms with Crippen LogP contribution in [0.25, 0.3) is 33.0 Å². The number of nitrogens with two attached hydrogens (primary N) is 1. The number of fused-ring (bicyclic) bond motifs is 1. The Labute approximate surface area is 146 Å². The normalized spacial score (nSPS) is 10.9. The van der Waals surface area contributed by atoms with Crippen molar-refractivity contribution >= 4 is 28.1 Å². The second-order valence-corrected chi connectivity index (χ2v) is 6.18. The summed E-state index contributed by atoms with van der Waals surface area (Å²) < 4.78 is 0. The number of halogens is 1. The number of nitrogen functional groups attached to an aromatic ring is 1. The van der Waals surface area contributed by atoms with Crippen molar-refractivity contribution in [3.63, 3.8) is 0 Å². The van der Waals surface area contributed by atoms with Crippen molar-refractivity contribution in [3.05, 3.63) is 90.0 Å². The van der Waals surface area contributed by atoms with Gasteiger partial charge in [0.2, 0.25) is 0 Å². The summed E-state index contributed by atoms with van der Waals surface area (Å²) in [5, 5.41) is 3.10. The Balaban J connectivity index is 2.11. The van der Waals surface area contributed by atoms with Crippen LogP contribution in [-0.4, -0.2) is 0 Å². The lowest BCUT2D eigenvalue weighted by Crippen LogP contribution is -1.92. The fourth-order valence-corrected chi connectivity index (χ4v) is 3.45. The van der Waals surface area contributed by atoms with Crippen molar-refractivity contribution in [1.29, 1.82) is 0 Å². The highest BCUT2D eigenvalue weighted by Crippen LogP contribution is 2.40. The first-order valence-corrected chi connectivity index (χ1v) is 8.25. The van der Waals surface area contributed by atoms with Crippen LogP contribution in [0.15, 0.2) is 84.9 Å². The summed E-state index contributed by atoms with van der Waals surface area (Å²) in [4.78, 5) is 0. The van der Waals surface area contributed by atoms with Gasteiger partial charge < -0.3 is 5.73 Å². The van der Waals surface area contributed by atoms with Crippen LogP contribution in [0, 0.1) is 0 Å². The van der Waals surface area contributed by atoms with Crippen molar-refractivity contribution in [2.75, 3.05) is 5.73 Å². The SMILES string of the molecule is Nc1ccccc1-c1cccc2cccc(-c3ccccc3Cl)c12. The summed E-state index contributed by atoms with van der Waals surface area (Å²) in [6.45, 7) is 0. The summed E-state index contributed by atoms with van der Waals surface area (Å²) in [5.41, 5.74) is 11.3. The summed E-state index contributed by atoms with van der Waals surface area (Å²) >= 11 is 6.46. The summed E-state index contributed by atoms with van der Waals surface area (Å²) in [6.07, 6.45) is 0. The van der Waals surface area contributed by atoms with E-state index in [0.29, 0.717) is 0 Å². The van der Waals surface area contributed by atoms with Gasteiger partial charge in [0.05, 0.1) is 0 Å². The Kier molecular flexibility index (Phi) is 3.72. The monoisotopic (exact) mass is 329 g/mol. The molecule has 0 saturated carbocycles. The Hall–Kier alpha value is -2.77. The molecule has 0 aliphatic rings. The molecule has 0 atom stereocenters. The minimum atomic E-state index is 0.751. The van der Waals surface area contributed by atoms with E-state index in [1.807, 2.05) is 36.4 Å². The van der Waals surface area contributed by atoms with Crippen LogP contribution in [0.2, 0.25) is 5.02 Å². The van der Waals surface area contributed by atoms with E-state index in [0.717, 1.165) is 33.0 Å². The predicted molar refractivity (Wildman–Crippen MR) is 104 cm³/mol. The number of benzene rings is 4. The van der Waals surface area contributed by atoms with Crippen LogP contribution < -0.4 is 5.73 Å². The zero-order chi connectivity index (χ0) is 16.5. The molecule has 1 nitrogen and oxygen atoms in total. The molecule has 4 rings (SSSR count). The number of rotatable bonds is 2. The second kappa shape index (κ2) is 6.03. The largest absolute Gasteiger partial charge is 0.398 e. The number of para-hydroxylation sites is 1. The molecule has 4 aromatic carbocycles. The number of anilines is 1. The van der Waals surface area contributed by atoms with Crippen LogP contribution in [0.3, 0.4) is 0 Å². The third-order valence-electron chi connectivity index (χ3n) is 4.32. The minimum absolute atomic E-state index is 0.751. The van der Waals surface area contributed by atoms with Crippen LogP contribution >= 0.6 is 11.6 Å². The van der Waals surface area contributed by atoms with Gasteiger partial charge in [-0.15, -0.1) is 0 Å². The maximum absolute atomic E-state index is 6.46. The van der Waals surface area contributed by atoms with E-state index in [1.165, 1.54) is 10.8 Å². The summed E-state index contributed by atoms with van der Waals surface area (Å²) in [5.74, 6) is 0. The third kappa shape index (κ3) is 2.44. The molecule has 0 aliphatic carbocycles. The fraction of sp³-hybridized carbons (Fsp3) is 0. The summed E-state index contributed by atoms with van der Waals surface area (Å²) in [6, 6.07) is 28.5. The highest BCUT2D eigenvalue weighted by atomic mass is 35.5. The maximum Gasteiger partial charge on any atom is 0.0484 e. The molecule has 2 heteroatoms. The molecule has 0 bridgehead atoms. The fourth-order valence-electron chi connectivity index (χ4n) is 3.21. The smallest absolute Gasteiger partial charge is 0.0484 e. The van der Waals surface area contributed by atoms with Crippen molar-refractivity contribution in [2.24, 2.45) is 0 Å². The lowest BCUT2D eigenvalue weighted by atomic mass is 9.91. The van der Waals surface area contributed by atoms with Gasteiger partial charge in [-0.1, -0.05) is 84.4 Å². The van der Waals surface area contributed by atoms with Gasteiger partial charge >= 0.3 is 0 Å². The van der Waals surface area contributed by atoms with Gasteiger partial charge in [0.15, 0.2) is 0 Å². The van der Waals surface area contributed by atoms with E-state index in [4.69, 9.17) is 17.3 Å². The Bertz CT molecular complexity index is 956. The predicted octanol–water partition coefficient (Wildman–Crippen LogP) is 6.41. The topological polar surface area (TPSA) is 26.0 Å². The van der Waals surface area contributed by atoms with Crippen LogP contribution in [0.5, 0.6) is 0 Å². The lowest BCUT2D eigenvalue weighted by Gasteiger charge is -2.14. The first-order valence-electron chi connectivity index (χ1n) is 7.87. The first kappa shape index (κ1) is 14.8. The van der Waals surface area contributed by atoms with Crippen molar-refractivity contribution in [3.8, 4) is 22.3 Å². The van der Waals surface area contributed by atoms with E-state index in [9.17, 15) is 0 Å². The Morgan fingerprint density at radius 1 is 0.542 bits per heavy atom. The molecule has 0 aliphatic heterocycles. The molecule has 0 fully saturated rings. The highest BCUT2D eigenvalue weighted by molar-refractivity contribution is 6.34. The van der Waals surface area contributed by atoms with Crippen LogP contribution in [0.1, 0.15) is 0 Å². The quantitative estimate of drug-likeness (QED) is 0.422. The molecule has 0 amide bonds. The molecular formula is C22H16ClN. The number of hydrogen-bond donors (Lipinski definition) is 1. The molecule has 24 heavy (non-hydrogen) atoms. The van der Waals surface area contributed by atoms with E-state index in [-0.39, 0.29) is 0 Å². The van der Waals surface area contributed by atoms with Crippen LogP contribution in [-0.2, 0) is 0 Å². The van der Waals surface area contributed by atoms with E-state index in [1.54, 1.807) is 0 Å². The molecule has 4 aromatic rings. The standard InChI is InChI=1S/C22H16ClN/c23-20-13-3-1-9-16(20)18-11-5-7-15-8-6-12-19(22(15)18)17-10-2-4-14-21(17)24/h1-14H,24H2. The molecule has 0 saturated heterocycles. The number of hydrogen-bond acceptors (Lipinski definition) is 1. The average molecular weight is 330 g/mol. The zero-order valence-corrected chi connectivity index (χ0v) is 13.8. The zero-order valence-electron chi connectivity index (χ0n) is 13.0. The molecule has 0 spiro atoms. The molecule has 0 heterocycles. The first-order chi connectivity index (χ1) is 11.8. The molecule has 0 unspecified atom stereocenters. The van der Waals surface area contributed by atoms with Gasteiger partial charge in [-0.05, 0) is 34.0 Å². The molecule has 0 aromatic heterocycles. The lowest BCUT2D eigenvalue weighted by molar-refractivity contribution is 1.62. The van der Waals surface area contributed by atoms with Gasteiger partial charge in [-0.25, -0.2) is 0 Å². The maximum atomic E-state index is 6.46. The summed E-state index contributed by atoms with van der Waals surface area (Å²) in [7, 11) is 0. The van der Waals surface area contributed by atoms with E-state index < -0.39 is 0 Å². The van der Waals surface area contributed by atoms with Crippen molar-refractivity contribution < 1.29 is 0 Å². The third-order valence-corrected chi connectivity index (χ3v) is 4.65. The van der Waals surface area contributed by atoms with Gasteiger partial charge in [-0.3, -0.25) is 0 Å². The highest BCUT2D eigenvalue weighted by Gasteiger charge is 2.13.